The Hall–Kier alpha value is -4.32. The summed E-state index contributed by atoms with van der Waals surface area (Å²) in [5, 5.41) is 10.7. The molecule has 0 bridgehead atoms. The summed E-state index contributed by atoms with van der Waals surface area (Å²) in [6.45, 7) is 0. The topological polar surface area (TPSA) is 66.4 Å². The van der Waals surface area contributed by atoms with Crippen LogP contribution in [0.25, 0.3) is 0 Å². The molecule has 0 aliphatic carbocycles. The van der Waals surface area contributed by atoms with Crippen LogP contribution in [0.15, 0.2) is 78.9 Å². The molecule has 0 fully saturated rings. The van der Waals surface area contributed by atoms with Crippen molar-refractivity contribution in [2.45, 2.75) is 25.7 Å². The molecule has 0 spiro atoms. The van der Waals surface area contributed by atoms with E-state index in [1.54, 1.807) is 27.4 Å². The highest BCUT2D eigenvalue weighted by atomic mass is 16.5. The molecule has 0 saturated carbocycles. The van der Waals surface area contributed by atoms with Gasteiger partial charge in [-0.15, -0.1) is 0 Å². The molecule has 38 heavy (non-hydrogen) atoms. The first-order valence-electron chi connectivity index (χ1n) is 12.5. The van der Waals surface area contributed by atoms with Gasteiger partial charge in [0.25, 0.3) is 0 Å². The van der Waals surface area contributed by atoms with Crippen LogP contribution < -0.4 is 23.7 Å². The Balaban J connectivity index is 1.53. The molecule has 0 aliphatic rings. The number of phenols is 1. The fourth-order valence-electron chi connectivity index (χ4n) is 4.34. The molecule has 0 heterocycles. The summed E-state index contributed by atoms with van der Waals surface area (Å²) < 4.78 is 27.9. The zero-order valence-electron chi connectivity index (χ0n) is 22.3. The number of benzene rings is 4. The molecule has 198 valence electrons. The molecule has 0 amide bonds. The van der Waals surface area contributed by atoms with Crippen LogP contribution in [0.2, 0.25) is 0 Å². The van der Waals surface area contributed by atoms with Gasteiger partial charge in [0.05, 0.1) is 28.4 Å². The van der Waals surface area contributed by atoms with Gasteiger partial charge in [0.15, 0.2) is 23.0 Å². The minimum absolute atomic E-state index is 0.0304. The standard InChI is InChI=1S/C32H34O6/c1-34-26-15-12-22(13-16-26)8-11-25-19-28(33)32(37-4)31(21-25)38-30-20-24(14-17-29(30)36-3)10-9-23-6-5-7-27(18-23)35-2/h5-7,12-21,33H,8-11H2,1-4H3. The average molecular weight is 515 g/mol. The van der Waals surface area contributed by atoms with E-state index in [9.17, 15) is 5.11 Å². The fourth-order valence-corrected chi connectivity index (χ4v) is 4.34. The van der Waals surface area contributed by atoms with E-state index in [4.69, 9.17) is 23.7 Å². The normalized spacial score (nSPS) is 10.6. The van der Waals surface area contributed by atoms with Gasteiger partial charge in [-0.2, -0.15) is 0 Å². The van der Waals surface area contributed by atoms with E-state index in [2.05, 4.69) is 6.07 Å². The summed E-state index contributed by atoms with van der Waals surface area (Å²) in [7, 11) is 6.45. The predicted octanol–water partition coefficient (Wildman–Crippen LogP) is 6.79. The Morgan fingerprint density at radius 2 is 1.13 bits per heavy atom. The quantitative estimate of drug-likeness (QED) is 0.225. The van der Waals surface area contributed by atoms with E-state index < -0.39 is 0 Å². The summed E-state index contributed by atoms with van der Waals surface area (Å²) in [5.41, 5.74) is 4.40. The van der Waals surface area contributed by atoms with Gasteiger partial charge in [0.1, 0.15) is 11.5 Å². The zero-order valence-corrected chi connectivity index (χ0v) is 22.3. The van der Waals surface area contributed by atoms with Crippen molar-refractivity contribution < 1.29 is 28.8 Å². The lowest BCUT2D eigenvalue weighted by molar-refractivity contribution is 0.338. The van der Waals surface area contributed by atoms with Crippen LogP contribution in [-0.2, 0) is 25.7 Å². The second kappa shape index (κ2) is 12.8. The van der Waals surface area contributed by atoms with Crippen LogP contribution in [0.4, 0.5) is 0 Å². The smallest absolute Gasteiger partial charge is 0.203 e. The van der Waals surface area contributed by atoms with Crippen molar-refractivity contribution in [1.82, 2.24) is 0 Å². The van der Waals surface area contributed by atoms with Crippen molar-refractivity contribution in [2.24, 2.45) is 0 Å². The van der Waals surface area contributed by atoms with Gasteiger partial charge in [-0.25, -0.2) is 0 Å². The van der Waals surface area contributed by atoms with Gasteiger partial charge in [0.2, 0.25) is 5.75 Å². The summed E-state index contributed by atoms with van der Waals surface area (Å²) in [6.07, 6.45) is 3.20. The highest BCUT2D eigenvalue weighted by Gasteiger charge is 2.16. The lowest BCUT2D eigenvalue weighted by atomic mass is 10.0. The second-order valence-corrected chi connectivity index (χ2v) is 8.93. The van der Waals surface area contributed by atoms with E-state index >= 15 is 0 Å². The molecule has 4 aromatic rings. The molecule has 6 nitrogen and oxygen atoms in total. The molecule has 0 unspecified atom stereocenters. The molecular formula is C32H34O6. The van der Waals surface area contributed by atoms with Crippen LogP contribution >= 0.6 is 0 Å². The number of hydrogen-bond donors (Lipinski definition) is 1. The molecule has 6 heteroatoms. The lowest BCUT2D eigenvalue weighted by Gasteiger charge is -2.16. The first-order chi connectivity index (χ1) is 18.5. The number of phenolic OH excluding ortho intramolecular Hbond substituents is 1. The van der Waals surface area contributed by atoms with E-state index in [1.165, 1.54) is 18.2 Å². The number of rotatable bonds is 12. The molecule has 4 aromatic carbocycles. The summed E-state index contributed by atoms with van der Waals surface area (Å²) in [4.78, 5) is 0. The van der Waals surface area contributed by atoms with Crippen molar-refractivity contribution in [3.8, 4) is 40.2 Å². The van der Waals surface area contributed by atoms with Gasteiger partial charge in [0, 0.05) is 0 Å². The summed E-state index contributed by atoms with van der Waals surface area (Å²) in [5.74, 6) is 3.57. The number of hydrogen-bond acceptors (Lipinski definition) is 6. The van der Waals surface area contributed by atoms with Crippen LogP contribution in [0.5, 0.6) is 40.2 Å². The zero-order chi connectivity index (χ0) is 26.9. The Morgan fingerprint density at radius 3 is 1.82 bits per heavy atom. The van der Waals surface area contributed by atoms with Gasteiger partial charge >= 0.3 is 0 Å². The van der Waals surface area contributed by atoms with Crippen molar-refractivity contribution >= 4 is 0 Å². The van der Waals surface area contributed by atoms with Crippen LogP contribution in [0, 0.1) is 0 Å². The molecule has 0 aliphatic heterocycles. The molecule has 1 N–H and O–H groups in total. The summed E-state index contributed by atoms with van der Waals surface area (Å²) in [6, 6.07) is 25.6. The first-order valence-corrected chi connectivity index (χ1v) is 12.5. The maximum absolute atomic E-state index is 10.7. The van der Waals surface area contributed by atoms with Gasteiger partial charge in [-0.1, -0.05) is 30.3 Å². The van der Waals surface area contributed by atoms with Crippen molar-refractivity contribution in [1.29, 1.82) is 0 Å². The number of methoxy groups -OCH3 is 4. The molecule has 4 rings (SSSR count). The van der Waals surface area contributed by atoms with Gasteiger partial charge in [-0.3, -0.25) is 0 Å². The predicted molar refractivity (Wildman–Crippen MR) is 149 cm³/mol. The van der Waals surface area contributed by atoms with Crippen LogP contribution in [0.1, 0.15) is 22.3 Å². The molecular weight excluding hydrogens is 480 g/mol. The third kappa shape index (κ3) is 6.71. The largest absolute Gasteiger partial charge is 0.504 e. The Bertz CT molecular complexity index is 1350. The Morgan fingerprint density at radius 1 is 0.500 bits per heavy atom. The van der Waals surface area contributed by atoms with E-state index in [0.717, 1.165) is 48.3 Å². The van der Waals surface area contributed by atoms with Crippen molar-refractivity contribution in [3.05, 3.63) is 101 Å². The maximum Gasteiger partial charge on any atom is 0.203 e. The molecule has 0 saturated heterocycles. The highest BCUT2D eigenvalue weighted by Crippen LogP contribution is 2.42. The molecule has 0 radical (unpaired) electrons. The average Bonchev–Trinajstić information content (AvgIpc) is 2.95. The van der Waals surface area contributed by atoms with Gasteiger partial charge in [-0.05, 0) is 96.5 Å². The van der Waals surface area contributed by atoms with Crippen molar-refractivity contribution in [2.75, 3.05) is 28.4 Å². The Labute approximate surface area is 224 Å². The van der Waals surface area contributed by atoms with Crippen molar-refractivity contribution in [3.63, 3.8) is 0 Å². The van der Waals surface area contributed by atoms with Crippen LogP contribution in [0.3, 0.4) is 0 Å². The number of aromatic hydroxyl groups is 1. The van der Waals surface area contributed by atoms with E-state index in [-0.39, 0.29) is 11.5 Å². The van der Waals surface area contributed by atoms with Gasteiger partial charge < -0.3 is 28.8 Å². The van der Waals surface area contributed by atoms with Crippen LogP contribution in [-0.4, -0.2) is 33.5 Å². The third-order valence-electron chi connectivity index (χ3n) is 6.45. The Kier molecular flexibility index (Phi) is 8.98. The second-order valence-electron chi connectivity index (χ2n) is 8.93. The number of aryl methyl sites for hydroxylation is 4. The minimum atomic E-state index is 0.0304. The summed E-state index contributed by atoms with van der Waals surface area (Å²) >= 11 is 0. The fraction of sp³-hybridized carbons (Fsp3) is 0.250. The molecule has 0 atom stereocenters. The minimum Gasteiger partial charge on any atom is -0.504 e. The number of ether oxygens (including phenoxy) is 5. The highest BCUT2D eigenvalue weighted by molar-refractivity contribution is 5.56. The monoisotopic (exact) mass is 514 g/mol. The molecule has 0 aromatic heterocycles. The SMILES string of the molecule is COc1ccc(CCc2cc(O)c(OC)c(Oc3cc(CCc4cccc(OC)c4)ccc3OC)c2)cc1. The third-order valence-corrected chi connectivity index (χ3v) is 6.45. The first kappa shape index (κ1) is 26.7. The maximum atomic E-state index is 10.7. The van der Waals surface area contributed by atoms with E-state index in [1.807, 2.05) is 66.7 Å². The van der Waals surface area contributed by atoms with E-state index in [0.29, 0.717) is 17.2 Å². The lowest BCUT2D eigenvalue weighted by Crippen LogP contribution is -1.98.